The van der Waals surface area contributed by atoms with Crippen LogP contribution in [0.3, 0.4) is 0 Å². The van der Waals surface area contributed by atoms with Crippen LogP contribution in [0.4, 0.5) is 0 Å². The van der Waals surface area contributed by atoms with E-state index in [9.17, 15) is 0 Å². The standard InChI is InChI=1S/C6H13NO2/c8-6(9)7-5-3-1-2-4-5/h5-9H,1-4H2. The van der Waals surface area contributed by atoms with E-state index in [2.05, 4.69) is 5.32 Å². The van der Waals surface area contributed by atoms with Crippen LogP contribution in [0, 0.1) is 0 Å². The first kappa shape index (κ1) is 6.99. The van der Waals surface area contributed by atoms with Gasteiger partial charge in [-0.15, -0.1) is 0 Å². The molecule has 0 bridgehead atoms. The van der Waals surface area contributed by atoms with E-state index in [1.165, 1.54) is 12.8 Å². The van der Waals surface area contributed by atoms with Crippen molar-refractivity contribution in [2.45, 2.75) is 38.1 Å². The highest BCUT2D eigenvalue weighted by Gasteiger charge is 2.15. The Bertz CT molecular complexity index is 79.1. The molecular formula is C6H13NO2. The van der Waals surface area contributed by atoms with E-state index in [1.54, 1.807) is 0 Å². The summed E-state index contributed by atoms with van der Waals surface area (Å²) in [5.41, 5.74) is 0. The first-order valence-electron chi connectivity index (χ1n) is 3.41. The third-order valence-corrected chi connectivity index (χ3v) is 1.74. The second kappa shape index (κ2) is 3.15. The number of rotatable bonds is 2. The number of aliphatic hydroxyl groups excluding tert-OH is 1. The van der Waals surface area contributed by atoms with Crippen LogP contribution in [0.15, 0.2) is 0 Å². The Hall–Kier alpha value is -0.120. The molecule has 0 aromatic carbocycles. The Morgan fingerprint density at radius 3 is 2.22 bits per heavy atom. The highest BCUT2D eigenvalue weighted by atomic mass is 16.5. The van der Waals surface area contributed by atoms with Gasteiger partial charge in [-0.3, -0.25) is 5.32 Å². The Morgan fingerprint density at radius 2 is 1.78 bits per heavy atom. The Morgan fingerprint density at radius 1 is 1.22 bits per heavy atom. The van der Waals surface area contributed by atoms with Crippen molar-refractivity contribution >= 4 is 0 Å². The van der Waals surface area contributed by atoms with Crippen LogP contribution >= 0.6 is 0 Å². The molecule has 3 N–H and O–H groups in total. The Balaban J connectivity index is 2.11. The van der Waals surface area contributed by atoms with Gasteiger partial charge in [0.25, 0.3) is 0 Å². The molecule has 1 fully saturated rings. The molecule has 1 aliphatic rings. The van der Waals surface area contributed by atoms with Crippen molar-refractivity contribution < 1.29 is 10.2 Å². The summed E-state index contributed by atoms with van der Waals surface area (Å²) in [6.45, 7) is 0. The Labute approximate surface area is 54.7 Å². The zero-order chi connectivity index (χ0) is 6.69. The molecule has 3 heteroatoms. The first-order valence-corrected chi connectivity index (χ1v) is 3.41. The molecule has 0 heterocycles. The summed E-state index contributed by atoms with van der Waals surface area (Å²) in [4.78, 5) is 0. The van der Waals surface area contributed by atoms with Gasteiger partial charge in [-0.05, 0) is 12.8 Å². The van der Waals surface area contributed by atoms with Crippen LogP contribution in [-0.2, 0) is 0 Å². The maximum Gasteiger partial charge on any atom is 0.211 e. The molecule has 0 atom stereocenters. The van der Waals surface area contributed by atoms with E-state index in [0.717, 1.165) is 12.8 Å². The van der Waals surface area contributed by atoms with E-state index in [4.69, 9.17) is 10.2 Å². The molecule has 0 spiro atoms. The summed E-state index contributed by atoms with van der Waals surface area (Å²) < 4.78 is 0. The third-order valence-electron chi connectivity index (χ3n) is 1.74. The molecule has 0 unspecified atom stereocenters. The number of nitrogens with one attached hydrogen (secondary N) is 1. The van der Waals surface area contributed by atoms with Gasteiger partial charge < -0.3 is 10.2 Å². The number of aliphatic hydroxyl groups is 2. The largest absolute Gasteiger partial charge is 0.356 e. The fourth-order valence-corrected chi connectivity index (χ4v) is 1.30. The first-order chi connectivity index (χ1) is 4.29. The van der Waals surface area contributed by atoms with Gasteiger partial charge in [-0.25, -0.2) is 0 Å². The van der Waals surface area contributed by atoms with E-state index in [0.29, 0.717) is 6.04 Å². The predicted molar refractivity (Wildman–Crippen MR) is 33.6 cm³/mol. The summed E-state index contributed by atoms with van der Waals surface area (Å²) in [6, 6.07) is 0.338. The average molecular weight is 131 g/mol. The minimum absolute atomic E-state index is 0.338. The van der Waals surface area contributed by atoms with E-state index < -0.39 is 6.41 Å². The van der Waals surface area contributed by atoms with Gasteiger partial charge in [-0.1, -0.05) is 12.8 Å². The third kappa shape index (κ3) is 2.30. The van der Waals surface area contributed by atoms with E-state index in [-0.39, 0.29) is 0 Å². The topological polar surface area (TPSA) is 52.5 Å². The molecule has 1 rings (SSSR count). The summed E-state index contributed by atoms with van der Waals surface area (Å²) >= 11 is 0. The molecule has 0 amide bonds. The Kier molecular flexibility index (Phi) is 2.45. The van der Waals surface area contributed by atoms with Crippen LogP contribution in [0.5, 0.6) is 0 Å². The van der Waals surface area contributed by atoms with E-state index in [1.807, 2.05) is 0 Å². The maximum absolute atomic E-state index is 8.46. The molecule has 1 aliphatic carbocycles. The smallest absolute Gasteiger partial charge is 0.211 e. The van der Waals surface area contributed by atoms with Crippen LogP contribution in [0.25, 0.3) is 0 Å². The van der Waals surface area contributed by atoms with Crippen molar-refractivity contribution in [3.05, 3.63) is 0 Å². The van der Waals surface area contributed by atoms with Crippen molar-refractivity contribution in [1.29, 1.82) is 0 Å². The fourth-order valence-electron chi connectivity index (χ4n) is 1.30. The highest BCUT2D eigenvalue weighted by Crippen LogP contribution is 2.17. The molecular weight excluding hydrogens is 118 g/mol. The van der Waals surface area contributed by atoms with Crippen molar-refractivity contribution in [2.75, 3.05) is 0 Å². The molecule has 0 radical (unpaired) electrons. The molecule has 3 nitrogen and oxygen atoms in total. The lowest BCUT2D eigenvalue weighted by Gasteiger charge is -2.12. The summed E-state index contributed by atoms with van der Waals surface area (Å²) in [7, 11) is 0. The van der Waals surface area contributed by atoms with Crippen molar-refractivity contribution in [3.63, 3.8) is 0 Å². The van der Waals surface area contributed by atoms with Crippen LogP contribution < -0.4 is 5.32 Å². The molecule has 54 valence electrons. The van der Waals surface area contributed by atoms with Crippen molar-refractivity contribution in [1.82, 2.24) is 5.32 Å². The fraction of sp³-hybridized carbons (Fsp3) is 1.00. The SMILES string of the molecule is OC(O)NC1CCCC1. The highest BCUT2D eigenvalue weighted by molar-refractivity contribution is 4.72. The molecule has 0 aliphatic heterocycles. The molecule has 1 saturated carbocycles. The monoisotopic (exact) mass is 131 g/mol. The average Bonchev–Trinajstić information content (AvgIpc) is 2.15. The summed E-state index contributed by atoms with van der Waals surface area (Å²) in [6.07, 6.45) is 3.26. The number of hydrogen-bond donors (Lipinski definition) is 3. The lowest BCUT2D eigenvalue weighted by Crippen LogP contribution is -2.35. The minimum Gasteiger partial charge on any atom is -0.356 e. The lowest BCUT2D eigenvalue weighted by molar-refractivity contribution is -0.0729. The van der Waals surface area contributed by atoms with Gasteiger partial charge in [0.15, 0.2) is 0 Å². The van der Waals surface area contributed by atoms with Gasteiger partial charge in [0, 0.05) is 6.04 Å². The predicted octanol–water partition coefficient (Wildman–Crippen LogP) is -0.213. The van der Waals surface area contributed by atoms with E-state index >= 15 is 0 Å². The summed E-state index contributed by atoms with van der Waals surface area (Å²) in [5, 5.41) is 19.6. The normalized spacial score (nSPS) is 21.7. The second-order valence-electron chi connectivity index (χ2n) is 2.52. The van der Waals surface area contributed by atoms with Gasteiger partial charge >= 0.3 is 0 Å². The van der Waals surface area contributed by atoms with Gasteiger partial charge in [0.1, 0.15) is 0 Å². The second-order valence-corrected chi connectivity index (χ2v) is 2.52. The van der Waals surface area contributed by atoms with Gasteiger partial charge in [-0.2, -0.15) is 0 Å². The van der Waals surface area contributed by atoms with Crippen LogP contribution in [-0.4, -0.2) is 22.7 Å². The molecule has 0 saturated heterocycles. The van der Waals surface area contributed by atoms with Crippen molar-refractivity contribution in [2.24, 2.45) is 0 Å². The van der Waals surface area contributed by atoms with Gasteiger partial charge in [0.05, 0.1) is 0 Å². The minimum atomic E-state index is -1.33. The molecule has 0 aromatic heterocycles. The number of hydrogen-bond acceptors (Lipinski definition) is 3. The van der Waals surface area contributed by atoms with Crippen molar-refractivity contribution in [3.8, 4) is 0 Å². The van der Waals surface area contributed by atoms with Crippen LogP contribution in [0.2, 0.25) is 0 Å². The maximum atomic E-state index is 8.46. The van der Waals surface area contributed by atoms with Crippen LogP contribution in [0.1, 0.15) is 25.7 Å². The molecule has 0 aromatic rings. The lowest BCUT2D eigenvalue weighted by atomic mass is 10.3. The zero-order valence-corrected chi connectivity index (χ0v) is 5.38. The summed E-state index contributed by atoms with van der Waals surface area (Å²) in [5.74, 6) is 0. The zero-order valence-electron chi connectivity index (χ0n) is 5.38. The quantitative estimate of drug-likeness (QED) is 0.454. The van der Waals surface area contributed by atoms with Gasteiger partial charge in [0.2, 0.25) is 6.41 Å². The molecule has 9 heavy (non-hydrogen) atoms.